The van der Waals surface area contributed by atoms with Gasteiger partial charge < -0.3 is 9.84 Å². The lowest BCUT2D eigenvalue weighted by atomic mass is 9.77. The Balaban J connectivity index is 2.62. The van der Waals surface area contributed by atoms with Gasteiger partial charge in [-0.15, -0.1) is 0 Å². The lowest BCUT2D eigenvalue weighted by molar-refractivity contribution is 0.415. The first kappa shape index (κ1) is 19.1. The third kappa shape index (κ3) is 4.07. The molecule has 0 unspecified atom stereocenters. The number of methoxy groups -OCH3 is 1. The van der Waals surface area contributed by atoms with Crippen molar-refractivity contribution in [1.82, 2.24) is 0 Å². The zero-order chi connectivity index (χ0) is 19.0. The standard InChI is InChI=1S/C23H30O2/c1-15(16-9-11-18(25-8)12-10-16)17-13-19(22(2,3)4)21(24)20(14-17)23(5,6)7/h9-14,24H,1H2,2-8H3. The summed E-state index contributed by atoms with van der Waals surface area (Å²) in [6, 6.07) is 12.0. The second-order valence-electron chi connectivity index (χ2n) is 8.63. The van der Waals surface area contributed by atoms with E-state index in [0.29, 0.717) is 5.75 Å². The zero-order valence-electron chi connectivity index (χ0n) is 16.5. The number of benzene rings is 2. The Bertz CT molecular complexity index is 734. The molecule has 0 amide bonds. The molecule has 0 aromatic heterocycles. The van der Waals surface area contributed by atoms with Crippen molar-refractivity contribution in [3.05, 3.63) is 65.2 Å². The van der Waals surface area contributed by atoms with Crippen molar-refractivity contribution in [2.24, 2.45) is 0 Å². The van der Waals surface area contributed by atoms with E-state index >= 15 is 0 Å². The van der Waals surface area contributed by atoms with E-state index in [2.05, 4.69) is 60.3 Å². The van der Waals surface area contributed by atoms with Crippen molar-refractivity contribution in [2.45, 2.75) is 52.4 Å². The van der Waals surface area contributed by atoms with Gasteiger partial charge in [-0.05, 0) is 51.8 Å². The fraction of sp³-hybridized carbons (Fsp3) is 0.391. The van der Waals surface area contributed by atoms with Crippen LogP contribution in [-0.4, -0.2) is 12.2 Å². The summed E-state index contributed by atoms with van der Waals surface area (Å²) >= 11 is 0. The van der Waals surface area contributed by atoms with Crippen LogP contribution in [0.3, 0.4) is 0 Å². The average molecular weight is 338 g/mol. The van der Waals surface area contributed by atoms with Gasteiger partial charge in [0.1, 0.15) is 11.5 Å². The Hall–Kier alpha value is -2.22. The lowest BCUT2D eigenvalue weighted by Crippen LogP contribution is -2.17. The maximum atomic E-state index is 10.9. The van der Waals surface area contributed by atoms with E-state index in [-0.39, 0.29) is 10.8 Å². The molecule has 0 saturated heterocycles. The fourth-order valence-corrected chi connectivity index (χ4v) is 2.91. The Labute approximate surface area is 152 Å². The Morgan fingerprint density at radius 1 is 0.840 bits per heavy atom. The van der Waals surface area contributed by atoms with Gasteiger partial charge in [0, 0.05) is 11.1 Å². The third-order valence-electron chi connectivity index (χ3n) is 4.51. The number of hydrogen-bond acceptors (Lipinski definition) is 2. The molecule has 134 valence electrons. The van der Waals surface area contributed by atoms with Crippen LogP contribution in [0.2, 0.25) is 0 Å². The minimum absolute atomic E-state index is 0.152. The number of phenolic OH excluding ortho intramolecular Hbond substituents is 1. The number of aromatic hydroxyl groups is 1. The van der Waals surface area contributed by atoms with Gasteiger partial charge in [0.25, 0.3) is 0 Å². The van der Waals surface area contributed by atoms with Crippen molar-refractivity contribution < 1.29 is 9.84 Å². The molecule has 2 rings (SSSR count). The van der Waals surface area contributed by atoms with E-state index in [0.717, 1.165) is 33.6 Å². The highest BCUT2D eigenvalue weighted by Crippen LogP contribution is 2.41. The van der Waals surface area contributed by atoms with Gasteiger partial charge in [-0.3, -0.25) is 0 Å². The first-order valence-electron chi connectivity index (χ1n) is 8.67. The van der Waals surface area contributed by atoms with Crippen LogP contribution in [0, 0.1) is 0 Å². The average Bonchev–Trinajstić information content (AvgIpc) is 2.52. The minimum Gasteiger partial charge on any atom is -0.507 e. The van der Waals surface area contributed by atoms with Crippen LogP contribution in [0.15, 0.2) is 43.0 Å². The first-order valence-corrected chi connectivity index (χ1v) is 8.67. The molecule has 0 aliphatic heterocycles. The summed E-state index contributed by atoms with van der Waals surface area (Å²) in [5, 5.41) is 10.9. The summed E-state index contributed by atoms with van der Waals surface area (Å²) in [6.07, 6.45) is 0. The fourth-order valence-electron chi connectivity index (χ4n) is 2.91. The van der Waals surface area contributed by atoms with Gasteiger partial charge in [-0.25, -0.2) is 0 Å². The van der Waals surface area contributed by atoms with Crippen LogP contribution >= 0.6 is 0 Å². The quantitative estimate of drug-likeness (QED) is 0.737. The second-order valence-corrected chi connectivity index (χ2v) is 8.63. The van der Waals surface area contributed by atoms with Gasteiger partial charge in [0.05, 0.1) is 7.11 Å². The second kappa shape index (κ2) is 6.59. The highest BCUT2D eigenvalue weighted by atomic mass is 16.5. The van der Waals surface area contributed by atoms with Gasteiger partial charge >= 0.3 is 0 Å². The summed E-state index contributed by atoms with van der Waals surface area (Å²) in [5.74, 6) is 1.22. The predicted octanol–water partition coefficient (Wildman–Crippen LogP) is 6.06. The minimum atomic E-state index is -0.152. The molecule has 0 bridgehead atoms. The molecule has 0 spiro atoms. The predicted molar refractivity (Wildman–Crippen MR) is 107 cm³/mol. The Morgan fingerprint density at radius 2 is 1.28 bits per heavy atom. The topological polar surface area (TPSA) is 29.5 Å². The Morgan fingerprint density at radius 3 is 1.64 bits per heavy atom. The molecule has 1 N–H and O–H groups in total. The molecular weight excluding hydrogens is 308 g/mol. The van der Waals surface area contributed by atoms with Crippen LogP contribution in [-0.2, 0) is 10.8 Å². The maximum Gasteiger partial charge on any atom is 0.123 e. The summed E-state index contributed by atoms with van der Waals surface area (Å²) < 4.78 is 5.24. The highest BCUT2D eigenvalue weighted by Gasteiger charge is 2.27. The zero-order valence-corrected chi connectivity index (χ0v) is 16.5. The van der Waals surface area contributed by atoms with E-state index in [1.54, 1.807) is 7.11 Å². The van der Waals surface area contributed by atoms with Crippen LogP contribution in [0.5, 0.6) is 11.5 Å². The molecule has 2 aromatic rings. The van der Waals surface area contributed by atoms with E-state index in [4.69, 9.17) is 4.74 Å². The van der Waals surface area contributed by atoms with Crippen LogP contribution in [0.4, 0.5) is 0 Å². The molecule has 0 aliphatic rings. The molecule has 0 heterocycles. The number of rotatable bonds is 3. The largest absolute Gasteiger partial charge is 0.507 e. The van der Waals surface area contributed by atoms with Crippen molar-refractivity contribution in [2.75, 3.05) is 7.11 Å². The molecule has 0 fully saturated rings. The normalized spacial score (nSPS) is 12.1. The number of phenols is 1. The summed E-state index contributed by atoms with van der Waals surface area (Å²) in [4.78, 5) is 0. The number of hydrogen-bond donors (Lipinski definition) is 1. The molecule has 0 atom stereocenters. The maximum absolute atomic E-state index is 10.9. The van der Waals surface area contributed by atoms with Crippen LogP contribution in [0.1, 0.15) is 63.8 Å². The van der Waals surface area contributed by atoms with Gasteiger partial charge in [0.15, 0.2) is 0 Å². The van der Waals surface area contributed by atoms with Gasteiger partial charge in [-0.1, -0.05) is 60.3 Å². The molecule has 0 aliphatic carbocycles. The SMILES string of the molecule is C=C(c1ccc(OC)cc1)c1cc(C(C)(C)C)c(O)c(C(C)(C)C)c1. The summed E-state index contributed by atoms with van der Waals surface area (Å²) in [7, 11) is 1.66. The van der Waals surface area contributed by atoms with E-state index < -0.39 is 0 Å². The highest BCUT2D eigenvalue weighted by molar-refractivity contribution is 5.80. The molecule has 25 heavy (non-hydrogen) atoms. The molecule has 2 aromatic carbocycles. The molecule has 2 nitrogen and oxygen atoms in total. The van der Waals surface area contributed by atoms with Crippen molar-refractivity contribution in [1.29, 1.82) is 0 Å². The molecular formula is C23H30O2. The van der Waals surface area contributed by atoms with Crippen LogP contribution < -0.4 is 4.74 Å². The van der Waals surface area contributed by atoms with Gasteiger partial charge in [0.2, 0.25) is 0 Å². The van der Waals surface area contributed by atoms with Gasteiger partial charge in [-0.2, -0.15) is 0 Å². The van der Waals surface area contributed by atoms with Crippen molar-refractivity contribution in [3.8, 4) is 11.5 Å². The molecule has 2 heteroatoms. The first-order chi connectivity index (χ1) is 11.4. The summed E-state index contributed by atoms with van der Waals surface area (Å²) in [5.41, 5.74) is 4.62. The third-order valence-corrected chi connectivity index (χ3v) is 4.51. The molecule has 0 saturated carbocycles. The van der Waals surface area contributed by atoms with E-state index in [1.807, 2.05) is 24.3 Å². The van der Waals surface area contributed by atoms with E-state index in [9.17, 15) is 5.11 Å². The summed E-state index contributed by atoms with van der Waals surface area (Å²) in [6.45, 7) is 17.0. The lowest BCUT2D eigenvalue weighted by Gasteiger charge is -2.28. The van der Waals surface area contributed by atoms with Crippen LogP contribution in [0.25, 0.3) is 5.57 Å². The Kier molecular flexibility index (Phi) is 5.04. The van der Waals surface area contributed by atoms with Crippen molar-refractivity contribution >= 4 is 5.57 Å². The smallest absolute Gasteiger partial charge is 0.123 e. The van der Waals surface area contributed by atoms with E-state index in [1.165, 1.54) is 0 Å². The number of ether oxygens (including phenoxy) is 1. The van der Waals surface area contributed by atoms with Crippen molar-refractivity contribution in [3.63, 3.8) is 0 Å². The monoisotopic (exact) mass is 338 g/mol. The molecule has 0 radical (unpaired) electrons.